The van der Waals surface area contributed by atoms with E-state index >= 15 is 0 Å². The summed E-state index contributed by atoms with van der Waals surface area (Å²) in [5.74, 6) is -6.57. The molecule has 2 amide bonds. The molecule has 2 aliphatic rings. The number of rotatable bonds is 14. The molecule has 2 rings (SSSR count). The van der Waals surface area contributed by atoms with E-state index in [1.807, 2.05) is 0 Å². The van der Waals surface area contributed by atoms with Crippen LogP contribution in [0.1, 0.15) is 58.8 Å². The van der Waals surface area contributed by atoms with Gasteiger partial charge in [0.05, 0.1) is 13.2 Å². The molecule has 0 aromatic carbocycles. The molecular weight excluding hydrogens is 552 g/mol. The van der Waals surface area contributed by atoms with Crippen molar-refractivity contribution in [1.29, 1.82) is 0 Å². The number of unbranched alkanes of at least 4 members (excludes halogenated alkanes) is 6. The number of carbonyl (C=O) groups is 2. The Kier molecular flexibility index (Phi) is 13.3. The van der Waals surface area contributed by atoms with Crippen molar-refractivity contribution in [3.8, 4) is 0 Å². The number of nitrogens with zero attached hydrogens (tertiary/aromatic N) is 2. The van der Waals surface area contributed by atoms with Crippen molar-refractivity contribution in [2.45, 2.75) is 119 Å². The third-order valence-corrected chi connectivity index (χ3v) is 7.69. The van der Waals surface area contributed by atoms with Gasteiger partial charge in [0.25, 0.3) is 11.8 Å². The lowest BCUT2D eigenvalue weighted by Gasteiger charge is -2.49. The molecule has 240 valence electrons. The van der Waals surface area contributed by atoms with Crippen molar-refractivity contribution in [2.24, 2.45) is 0 Å². The fourth-order valence-electron chi connectivity index (χ4n) is 5.23. The highest BCUT2D eigenvalue weighted by atomic mass is 16.7. The minimum absolute atomic E-state index is 0.0340. The molecule has 10 atom stereocenters. The predicted molar refractivity (Wildman–Crippen MR) is 137 cm³/mol. The fourth-order valence-corrected chi connectivity index (χ4v) is 5.23. The molecule has 0 spiro atoms. The molecule has 0 aliphatic carbocycles. The zero-order chi connectivity index (χ0) is 31.1. The zero-order valence-electron chi connectivity index (χ0n) is 23.4. The van der Waals surface area contributed by atoms with E-state index < -0.39 is 85.7 Å². The zero-order valence-corrected chi connectivity index (χ0v) is 23.4. The Labute approximate surface area is 237 Å². The Morgan fingerprint density at radius 3 is 1.15 bits per heavy atom. The van der Waals surface area contributed by atoms with Crippen molar-refractivity contribution in [3.63, 3.8) is 0 Å². The van der Waals surface area contributed by atoms with Gasteiger partial charge in [0.2, 0.25) is 11.8 Å². The van der Waals surface area contributed by atoms with E-state index in [9.17, 15) is 60.7 Å². The molecule has 2 fully saturated rings. The maximum Gasteiger partial charge on any atom is 0.282 e. The summed E-state index contributed by atoms with van der Waals surface area (Å²) in [4.78, 5) is 26.1. The number of ether oxygens (including phenoxy) is 2. The van der Waals surface area contributed by atoms with Gasteiger partial charge < -0.3 is 60.5 Å². The van der Waals surface area contributed by atoms with Crippen molar-refractivity contribution in [3.05, 3.63) is 0 Å². The summed E-state index contributed by atoms with van der Waals surface area (Å²) in [6.45, 7) is 0.699. The summed E-state index contributed by atoms with van der Waals surface area (Å²) in [6.07, 6.45) is -9.68. The normalized spacial score (nSPS) is 37.6. The van der Waals surface area contributed by atoms with Crippen LogP contribution < -0.4 is 0 Å². The molecule has 16 nitrogen and oxygen atoms in total. The number of amides is 2. The lowest BCUT2D eigenvalue weighted by Crippen LogP contribution is -2.72. The third-order valence-electron chi connectivity index (χ3n) is 7.69. The second kappa shape index (κ2) is 15.3. The smallest absolute Gasteiger partial charge is 0.282 e. The van der Waals surface area contributed by atoms with Crippen LogP contribution in [0.3, 0.4) is 0 Å². The van der Waals surface area contributed by atoms with E-state index in [0.29, 0.717) is 25.7 Å². The molecule has 2 heterocycles. The minimum atomic E-state index is -2.63. The molecule has 41 heavy (non-hydrogen) atoms. The van der Waals surface area contributed by atoms with E-state index in [4.69, 9.17) is 9.47 Å². The van der Waals surface area contributed by atoms with Crippen molar-refractivity contribution in [1.82, 2.24) is 9.80 Å². The minimum Gasteiger partial charge on any atom is -0.394 e. The predicted octanol–water partition coefficient (Wildman–Crippen LogP) is -4.35. The maximum absolute atomic E-state index is 12.2. The molecule has 2 aliphatic heterocycles. The summed E-state index contributed by atoms with van der Waals surface area (Å²) in [6, 6.07) is 0. The Balaban J connectivity index is 1.79. The Morgan fingerprint density at radius 2 is 0.878 bits per heavy atom. The number of carbonyl (C=O) groups excluding carboxylic acids is 2. The average molecular weight is 599 g/mol. The summed E-state index contributed by atoms with van der Waals surface area (Å²) in [7, 11) is 0. The van der Waals surface area contributed by atoms with Gasteiger partial charge in [0, 0.05) is 26.9 Å². The molecule has 10 N–H and O–H groups in total. The van der Waals surface area contributed by atoms with E-state index in [2.05, 4.69) is 0 Å². The summed E-state index contributed by atoms with van der Waals surface area (Å²) in [5.41, 5.74) is 0. The maximum atomic E-state index is 12.2. The van der Waals surface area contributed by atoms with E-state index in [1.54, 1.807) is 0 Å². The monoisotopic (exact) mass is 598 g/mol. The fraction of sp³-hybridized carbons (Fsp3) is 0.920. The first kappa shape index (κ1) is 35.7. The molecule has 0 unspecified atom stereocenters. The van der Waals surface area contributed by atoms with E-state index in [-0.39, 0.29) is 13.1 Å². The summed E-state index contributed by atoms with van der Waals surface area (Å²) < 4.78 is 10.4. The second-order valence-corrected chi connectivity index (χ2v) is 10.7. The molecule has 0 aromatic heterocycles. The quantitative estimate of drug-likeness (QED) is 0.0669. The highest BCUT2D eigenvalue weighted by Crippen LogP contribution is 2.33. The largest absolute Gasteiger partial charge is 0.394 e. The SMILES string of the molecule is CC(=O)N(CCCCCCCCCN(C(C)=O)[C@]1(O)O[C@H](CO)[C@@H](O)[C@H](O)[C@@H]1O)[C@]1(O)O[C@H](CO)[C@@H](O)[C@H](O)[C@@H]1O. The molecular formula is C25H46N2O14. The van der Waals surface area contributed by atoms with Gasteiger partial charge in [-0.25, -0.2) is 0 Å². The van der Waals surface area contributed by atoms with Crippen LogP contribution in [0.2, 0.25) is 0 Å². The van der Waals surface area contributed by atoms with Gasteiger partial charge in [-0.3, -0.25) is 19.4 Å². The standard InChI is InChI=1S/C25H46N2O14/c1-14(30)26(24(38)22(36)20(34)18(32)16(12-28)40-24)10-8-6-4-3-5-7-9-11-27(15(2)31)25(39)23(37)21(35)19(33)17(13-29)41-25/h16-23,28-29,32-39H,3-13H2,1-2H3/t16-,17-,18-,19-,20+,21+,22+,23+,24-,25-/m1/s1. The van der Waals surface area contributed by atoms with Crippen LogP contribution in [0, 0.1) is 0 Å². The van der Waals surface area contributed by atoms with E-state index in [0.717, 1.165) is 42.9 Å². The van der Waals surface area contributed by atoms with E-state index in [1.165, 1.54) is 0 Å². The van der Waals surface area contributed by atoms with Crippen molar-refractivity contribution >= 4 is 11.8 Å². The molecule has 0 bridgehead atoms. The molecule has 0 radical (unpaired) electrons. The lowest BCUT2D eigenvalue weighted by atomic mass is 9.95. The van der Waals surface area contributed by atoms with Crippen LogP contribution in [-0.4, -0.2) is 160 Å². The van der Waals surface area contributed by atoms with Crippen LogP contribution in [0.5, 0.6) is 0 Å². The Hall–Kier alpha value is -1.54. The molecule has 0 saturated carbocycles. The van der Waals surface area contributed by atoms with Crippen LogP contribution >= 0.6 is 0 Å². The van der Waals surface area contributed by atoms with Gasteiger partial charge in [-0.15, -0.1) is 0 Å². The lowest BCUT2D eigenvalue weighted by molar-refractivity contribution is -0.395. The summed E-state index contributed by atoms with van der Waals surface area (Å²) in [5, 5.41) is 101. The first-order valence-electron chi connectivity index (χ1n) is 13.8. The van der Waals surface area contributed by atoms with Crippen LogP contribution in [0.15, 0.2) is 0 Å². The number of aliphatic hydroxyl groups excluding tert-OH is 8. The first-order chi connectivity index (χ1) is 19.2. The third kappa shape index (κ3) is 7.90. The molecule has 2 saturated heterocycles. The van der Waals surface area contributed by atoms with Gasteiger partial charge in [-0.1, -0.05) is 32.1 Å². The summed E-state index contributed by atoms with van der Waals surface area (Å²) >= 11 is 0. The van der Waals surface area contributed by atoms with Crippen LogP contribution in [-0.2, 0) is 19.1 Å². The van der Waals surface area contributed by atoms with Gasteiger partial charge >= 0.3 is 0 Å². The number of hydrogen-bond acceptors (Lipinski definition) is 14. The van der Waals surface area contributed by atoms with Crippen molar-refractivity contribution < 1.29 is 70.1 Å². The number of hydrogen-bond donors (Lipinski definition) is 10. The highest BCUT2D eigenvalue weighted by molar-refractivity contribution is 5.74. The van der Waals surface area contributed by atoms with Crippen LogP contribution in [0.4, 0.5) is 0 Å². The topological polar surface area (TPSA) is 261 Å². The van der Waals surface area contributed by atoms with Gasteiger partial charge in [-0.2, -0.15) is 0 Å². The highest BCUT2D eigenvalue weighted by Gasteiger charge is 2.58. The van der Waals surface area contributed by atoms with Crippen LogP contribution in [0.25, 0.3) is 0 Å². The Morgan fingerprint density at radius 1 is 0.585 bits per heavy atom. The molecule has 16 heteroatoms. The molecule has 0 aromatic rings. The van der Waals surface area contributed by atoms with Crippen molar-refractivity contribution in [2.75, 3.05) is 26.3 Å². The van der Waals surface area contributed by atoms with Gasteiger partial charge in [0.15, 0.2) is 12.2 Å². The number of aliphatic hydroxyl groups is 10. The Bertz CT molecular complexity index is 783. The first-order valence-corrected chi connectivity index (χ1v) is 13.8. The van der Waals surface area contributed by atoms with Gasteiger partial charge in [-0.05, 0) is 12.8 Å². The second-order valence-electron chi connectivity index (χ2n) is 10.7. The average Bonchev–Trinajstić information content (AvgIpc) is 2.93. The van der Waals surface area contributed by atoms with Gasteiger partial charge in [0.1, 0.15) is 36.6 Å².